The first-order valence-electron chi connectivity index (χ1n) is 8.88. The molecule has 1 amide bonds. The number of primary amides is 1. The van der Waals surface area contributed by atoms with Crippen molar-refractivity contribution in [2.75, 3.05) is 6.61 Å². The van der Waals surface area contributed by atoms with Gasteiger partial charge < -0.3 is 10.5 Å². The molecule has 0 saturated heterocycles. The lowest BCUT2D eigenvalue weighted by molar-refractivity contribution is -0.119. The average molecular weight is 443 g/mol. The zero-order chi connectivity index (χ0) is 20.4. The molecule has 1 aromatic heterocycles. The molecule has 1 heterocycles. The summed E-state index contributed by atoms with van der Waals surface area (Å²) in [6.45, 7) is -0.189. The third-order valence-electron chi connectivity index (χ3n) is 4.47. The Balaban J connectivity index is 0.00000256. The Hall–Kier alpha value is -3.15. The van der Waals surface area contributed by atoms with Crippen LogP contribution in [0.5, 0.6) is 5.75 Å². The maximum Gasteiger partial charge on any atom is 0.255 e. The molecule has 0 bridgehead atoms. The summed E-state index contributed by atoms with van der Waals surface area (Å²) in [4.78, 5) is 15.6. The molecular formula is C23H17Cl2FN2O2. The molecule has 0 radical (unpaired) electrons. The number of carbonyl (C=O) groups is 1. The van der Waals surface area contributed by atoms with E-state index < -0.39 is 5.91 Å². The normalized spacial score (nSPS) is 10.5. The number of hydrogen-bond acceptors (Lipinski definition) is 3. The van der Waals surface area contributed by atoms with Gasteiger partial charge in [-0.05, 0) is 60.2 Å². The lowest BCUT2D eigenvalue weighted by Gasteiger charge is -2.12. The maximum atomic E-state index is 14.5. The lowest BCUT2D eigenvalue weighted by Crippen LogP contribution is -2.19. The molecule has 0 atom stereocenters. The first kappa shape index (κ1) is 21.6. The van der Waals surface area contributed by atoms with Crippen molar-refractivity contribution in [2.24, 2.45) is 5.73 Å². The summed E-state index contributed by atoms with van der Waals surface area (Å²) in [5.74, 6) is -0.339. The largest absolute Gasteiger partial charge is 0.484 e. The van der Waals surface area contributed by atoms with Crippen molar-refractivity contribution >= 4 is 40.8 Å². The Morgan fingerprint density at radius 2 is 1.73 bits per heavy atom. The number of pyridine rings is 1. The van der Waals surface area contributed by atoms with Crippen LogP contribution in [-0.2, 0) is 4.79 Å². The molecule has 2 N–H and O–H groups in total. The van der Waals surface area contributed by atoms with Crippen molar-refractivity contribution in [2.45, 2.75) is 0 Å². The fourth-order valence-corrected chi connectivity index (χ4v) is 3.30. The van der Waals surface area contributed by atoms with Gasteiger partial charge in [-0.1, -0.05) is 29.8 Å². The molecule has 7 heteroatoms. The molecule has 0 aliphatic rings. The van der Waals surface area contributed by atoms with Crippen LogP contribution in [-0.4, -0.2) is 17.5 Å². The van der Waals surface area contributed by atoms with Crippen LogP contribution in [0.25, 0.3) is 33.3 Å². The third kappa shape index (κ3) is 4.53. The highest BCUT2D eigenvalue weighted by Crippen LogP contribution is 2.35. The average Bonchev–Trinajstić information content (AvgIpc) is 2.72. The second-order valence-electron chi connectivity index (χ2n) is 6.48. The molecule has 152 valence electrons. The van der Waals surface area contributed by atoms with E-state index >= 15 is 0 Å². The number of hydrogen-bond donors (Lipinski definition) is 1. The van der Waals surface area contributed by atoms with Gasteiger partial charge >= 0.3 is 0 Å². The predicted molar refractivity (Wildman–Crippen MR) is 120 cm³/mol. The Kier molecular flexibility index (Phi) is 6.55. The van der Waals surface area contributed by atoms with Crippen LogP contribution >= 0.6 is 24.0 Å². The molecule has 4 nitrogen and oxygen atoms in total. The molecular weight excluding hydrogens is 426 g/mol. The summed E-state index contributed by atoms with van der Waals surface area (Å²) in [6.07, 6.45) is 0. The Labute approximate surface area is 183 Å². The first-order valence-corrected chi connectivity index (χ1v) is 9.26. The van der Waals surface area contributed by atoms with Crippen molar-refractivity contribution < 1.29 is 13.9 Å². The highest BCUT2D eigenvalue weighted by Gasteiger charge is 2.13. The quantitative estimate of drug-likeness (QED) is 0.434. The van der Waals surface area contributed by atoms with E-state index in [1.807, 2.05) is 24.3 Å². The van der Waals surface area contributed by atoms with Crippen LogP contribution < -0.4 is 10.5 Å². The number of amides is 1. The van der Waals surface area contributed by atoms with Gasteiger partial charge in [0.25, 0.3) is 5.91 Å². The molecule has 0 saturated carbocycles. The Bertz CT molecular complexity index is 1210. The second kappa shape index (κ2) is 9.11. The SMILES string of the molecule is Cl.NC(=O)COc1ccc(-c2cc(-c3ccccc3F)c3cc(Cl)ccc3n2)cc1. The highest BCUT2D eigenvalue weighted by atomic mass is 35.5. The minimum Gasteiger partial charge on any atom is -0.484 e. The van der Waals surface area contributed by atoms with Crippen LogP contribution in [0.4, 0.5) is 4.39 Å². The van der Waals surface area contributed by atoms with Gasteiger partial charge in [0.1, 0.15) is 11.6 Å². The van der Waals surface area contributed by atoms with Gasteiger partial charge in [-0.3, -0.25) is 4.79 Å². The second-order valence-corrected chi connectivity index (χ2v) is 6.91. The van der Waals surface area contributed by atoms with Gasteiger partial charge in [-0.2, -0.15) is 0 Å². The number of aromatic nitrogens is 1. The summed E-state index contributed by atoms with van der Waals surface area (Å²) in [6, 6.07) is 20.9. The van der Waals surface area contributed by atoms with E-state index in [4.69, 9.17) is 27.1 Å². The molecule has 0 unspecified atom stereocenters. The van der Waals surface area contributed by atoms with Crippen molar-refractivity contribution in [3.8, 4) is 28.1 Å². The number of carbonyl (C=O) groups excluding carboxylic acids is 1. The predicted octanol–water partition coefficient (Wildman–Crippen LogP) is 5.65. The number of ether oxygens (including phenoxy) is 1. The van der Waals surface area contributed by atoms with Crippen LogP contribution in [0.15, 0.2) is 72.8 Å². The number of nitrogens with two attached hydrogens (primary N) is 1. The summed E-state index contributed by atoms with van der Waals surface area (Å²) in [5.41, 5.74) is 8.49. The van der Waals surface area contributed by atoms with E-state index in [9.17, 15) is 9.18 Å². The summed E-state index contributed by atoms with van der Waals surface area (Å²) in [7, 11) is 0. The van der Waals surface area contributed by atoms with Gasteiger partial charge in [0, 0.05) is 21.5 Å². The monoisotopic (exact) mass is 442 g/mol. The van der Waals surface area contributed by atoms with Crippen LogP contribution in [0.3, 0.4) is 0 Å². The first-order chi connectivity index (χ1) is 14.0. The summed E-state index contributed by atoms with van der Waals surface area (Å²) in [5, 5.41) is 1.33. The van der Waals surface area contributed by atoms with E-state index in [2.05, 4.69) is 0 Å². The Morgan fingerprint density at radius 1 is 1.00 bits per heavy atom. The Morgan fingerprint density at radius 3 is 2.43 bits per heavy atom. The van der Waals surface area contributed by atoms with Crippen molar-refractivity contribution in [1.29, 1.82) is 0 Å². The van der Waals surface area contributed by atoms with E-state index in [1.165, 1.54) is 6.07 Å². The van der Waals surface area contributed by atoms with Gasteiger partial charge in [-0.25, -0.2) is 9.37 Å². The van der Waals surface area contributed by atoms with E-state index in [-0.39, 0.29) is 24.8 Å². The summed E-state index contributed by atoms with van der Waals surface area (Å²) < 4.78 is 19.8. The van der Waals surface area contributed by atoms with Gasteiger partial charge in [0.2, 0.25) is 0 Å². The van der Waals surface area contributed by atoms with Crippen molar-refractivity contribution in [3.63, 3.8) is 0 Å². The number of benzene rings is 3. The maximum absolute atomic E-state index is 14.5. The molecule has 30 heavy (non-hydrogen) atoms. The van der Waals surface area contributed by atoms with E-state index in [0.29, 0.717) is 33.1 Å². The number of nitrogens with zero attached hydrogens (tertiary/aromatic N) is 1. The molecule has 0 aliphatic heterocycles. The molecule has 0 fully saturated rings. The molecule has 0 spiro atoms. The molecule has 4 aromatic rings. The fourth-order valence-electron chi connectivity index (χ4n) is 3.12. The van der Waals surface area contributed by atoms with E-state index in [1.54, 1.807) is 42.5 Å². The van der Waals surface area contributed by atoms with Gasteiger partial charge in [0.05, 0.1) is 11.2 Å². The number of halogens is 3. The minimum atomic E-state index is -0.543. The summed E-state index contributed by atoms with van der Waals surface area (Å²) >= 11 is 6.18. The third-order valence-corrected chi connectivity index (χ3v) is 4.70. The number of rotatable bonds is 5. The van der Waals surface area contributed by atoms with Gasteiger partial charge in [0.15, 0.2) is 6.61 Å². The topological polar surface area (TPSA) is 65.2 Å². The molecule has 4 rings (SSSR count). The zero-order valence-electron chi connectivity index (χ0n) is 15.6. The van der Waals surface area contributed by atoms with Crippen molar-refractivity contribution in [1.82, 2.24) is 4.98 Å². The molecule has 0 aliphatic carbocycles. The minimum absolute atomic E-state index is 0. The smallest absolute Gasteiger partial charge is 0.255 e. The van der Waals surface area contributed by atoms with Crippen LogP contribution in [0.1, 0.15) is 0 Å². The molecule has 3 aromatic carbocycles. The van der Waals surface area contributed by atoms with E-state index in [0.717, 1.165) is 10.9 Å². The van der Waals surface area contributed by atoms with Crippen molar-refractivity contribution in [3.05, 3.63) is 83.6 Å². The highest BCUT2D eigenvalue weighted by molar-refractivity contribution is 6.31. The standard InChI is InChI=1S/C23H16ClFN2O2.ClH/c24-15-7-10-21-19(11-15)18(17-3-1-2-4-20(17)25)12-22(27-21)14-5-8-16(9-6-14)29-13-23(26)28;/h1-12H,13H2,(H2,26,28);1H. The fraction of sp³-hybridized carbons (Fsp3) is 0.0435. The van der Waals surface area contributed by atoms with Crippen LogP contribution in [0, 0.1) is 5.82 Å². The lowest BCUT2D eigenvalue weighted by atomic mass is 9.98. The van der Waals surface area contributed by atoms with Crippen LogP contribution in [0.2, 0.25) is 5.02 Å². The van der Waals surface area contributed by atoms with Gasteiger partial charge in [-0.15, -0.1) is 12.4 Å². The zero-order valence-corrected chi connectivity index (χ0v) is 17.2. The number of fused-ring (bicyclic) bond motifs is 1.